The van der Waals surface area contributed by atoms with E-state index < -0.39 is 44.2 Å². The molecule has 4 nitrogen and oxygen atoms in total. The van der Waals surface area contributed by atoms with E-state index in [9.17, 15) is 26.0 Å². The number of rotatable bonds is 3. The quantitative estimate of drug-likeness (QED) is 0.625. The molecule has 0 bridgehead atoms. The van der Waals surface area contributed by atoms with Crippen LogP contribution in [0.5, 0.6) is 0 Å². The summed E-state index contributed by atoms with van der Waals surface area (Å²) < 4.78 is 80.6. The normalized spacial score (nSPS) is 18.4. The molecule has 0 saturated carbocycles. The number of benzene rings is 2. The predicted octanol–water partition coefficient (Wildman–Crippen LogP) is 3.00. The van der Waals surface area contributed by atoms with E-state index in [0.29, 0.717) is 11.6 Å². The molecule has 3 rings (SSSR count). The third-order valence-electron chi connectivity index (χ3n) is 3.99. The number of nitrogens with one attached hydrogen (secondary N) is 1. The standard InChI is InChI=1S/C16H14F4N2O2S.ClH/c17-11-3-1-2-10(6-11)15-9-21-4-5-22(15)25(23,24)16-8-13(19)12(18)7-14(16)20;/h1-3,6-8,15,21H,4-5,9H2;1H. The second-order valence-corrected chi connectivity index (χ2v) is 7.45. The average Bonchev–Trinajstić information content (AvgIpc) is 2.58. The van der Waals surface area contributed by atoms with E-state index in [-0.39, 0.29) is 38.1 Å². The first-order valence-corrected chi connectivity index (χ1v) is 8.87. The lowest BCUT2D eigenvalue weighted by atomic mass is 10.1. The minimum absolute atomic E-state index is 0. The molecule has 1 fully saturated rings. The first kappa shape index (κ1) is 20.6. The van der Waals surface area contributed by atoms with Crippen molar-refractivity contribution >= 4 is 22.4 Å². The van der Waals surface area contributed by atoms with Gasteiger partial charge in [0.25, 0.3) is 0 Å². The Morgan fingerprint density at radius 1 is 1.00 bits per heavy atom. The van der Waals surface area contributed by atoms with Crippen molar-refractivity contribution in [1.82, 2.24) is 9.62 Å². The van der Waals surface area contributed by atoms with Crippen molar-refractivity contribution < 1.29 is 26.0 Å². The van der Waals surface area contributed by atoms with Crippen LogP contribution >= 0.6 is 12.4 Å². The Morgan fingerprint density at radius 2 is 1.69 bits per heavy atom. The molecule has 1 aliphatic heterocycles. The van der Waals surface area contributed by atoms with Crippen LogP contribution in [0, 0.1) is 23.3 Å². The van der Waals surface area contributed by atoms with Gasteiger partial charge in [0.2, 0.25) is 10.0 Å². The van der Waals surface area contributed by atoms with Crippen LogP contribution in [0.4, 0.5) is 17.6 Å². The summed E-state index contributed by atoms with van der Waals surface area (Å²) in [5.41, 5.74) is 0.374. The molecule has 0 aliphatic carbocycles. The number of piperazine rings is 1. The molecule has 2 aromatic carbocycles. The molecule has 142 valence electrons. The third-order valence-corrected chi connectivity index (χ3v) is 5.91. The summed E-state index contributed by atoms with van der Waals surface area (Å²) in [4.78, 5) is -0.949. The Balaban J connectivity index is 0.00000243. The third kappa shape index (κ3) is 3.85. The molecular weight excluding hydrogens is 396 g/mol. The minimum Gasteiger partial charge on any atom is -0.313 e. The topological polar surface area (TPSA) is 49.4 Å². The smallest absolute Gasteiger partial charge is 0.246 e. The first-order chi connectivity index (χ1) is 11.8. The lowest BCUT2D eigenvalue weighted by Crippen LogP contribution is -2.48. The Kier molecular flexibility index (Phi) is 6.28. The van der Waals surface area contributed by atoms with Crippen molar-refractivity contribution in [3.8, 4) is 0 Å². The minimum atomic E-state index is -4.45. The van der Waals surface area contributed by atoms with Crippen molar-refractivity contribution in [2.24, 2.45) is 0 Å². The SMILES string of the molecule is Cl.O=S(=O)(c1cc(F)c(F)cc1F)N1CCNCC1c1cccc(F)c1. The second-order valence-electron chi connectivity index (χ2n) is 5.59. The van der Waals surface area contributed by atoms with E-state index in [4.69, 9.17) is 0 Å². The van der Waals surface area contributed by atoms with Gasteiger partial charge in [-0.05, 0) is 23.8 Å². The van der Waals surface area contributed by atoms with Gasteiger partial charge in [-0.1, -0.05) is 12.1 Å². The van der Waals surface area contributed by atoms with E-state index in [1.54, 1.807) is 6.07 Å². The van der Waals surface area contributed by atoms with Gasteiger partial charge in [-0.15, -0.1) is 12.4 Å². The number of sulfonamides is 1. The molecule has 0 radical (unpaired) electrons. The van der Waals surface area contributed by atoms with E-state index in [2.05, 4.69) is 5.32 Å². The molecule has 0 aromatic heterocycles. The summed E-state index contributed by atoms with van der Waals surface area (Å²) in [5, 5.41) is 2.99. The van der Waals surface area contributed by atoms with Crippen molar-refractivity contribution in [3.05, 3.63) is 65.2 Å². The van der Waals surface area contributed by atoms with Crippen LogP contribution in [0.1, 0.15) is 11.6 Å². The van der Waals surface area contributed by atoms with E-state index >= 15 is 0 Å². The molecule has 1 atom stereocenters. The lowest BCUT2D eigenvalue weighted by Gasteiger charge is -2.35. The van der Waals surface area contributed by atoms with Crippen LogP contribution in [0.2, 0.25) is 0 Å². The number of nitrogens with zero attached hydrogens (tertiary/aromatic N) is 1. The fourth-order valence-electron chi connectivity index (χ4n) is 2.80. The zero-order valence-electron chi connectivity index (χ0n) is 13.3. The highest BCUT2D eigenvalue weighted by molar-refractivity contribution is 7.89. The fraction of sp³-hybridized carbons (Fsp3) is 0.250. The lowest BCUT2D eigenvalue weighted by molar-refractivity contribution is 0.270. The number of halogens is 5. The molecule has 10 heteroatoms. The highest BCUT2D eigenvalue weighted by Gasteiger charge is 2.36. The molecule has 1 saturated heterocycles. The van der Waals surface area contributed by atoms with E-state index in [1.165, 1.54) is 18.2 Å². The van der Waals surface area contributed by atoms with Gasteiger partial charge in [0.1, 0.15) is 16.5 Å². The van der Waals surface area contributed by atoms with Crippen molar-refractivity contribution in [1.29, 1.82) is 0 Å². The van der Waals surface area contributed by atoms with Crippen LogP contribution in [-0.4, -0.2) is 32.4 Å². The summed E-state index contributed by atoms with van der Waals surface area (Å²) in [6.45, 7) is 0.437. The maximum atomic E-state index is 14.0. The summed E-state index contributed by atoms with van der Waals surface area (Å²) in [6.07, 6.45) is 0. The highest BCUT2D eigenvalue weighted by Crippen LogP contribution is 2.31. The monoisotopic (exact) mass is 410 g/mol. The molecule has 0 amide bonds. The van der Waals surface area contributed by atoms with Crippen LogP contribution < -0.4 is 5.32 Å². The van der Waals surface area contributed by atoms with Gasteiger partial charge >= 0.3 is 0 Å². The molecule has 1 unspecified atom stereocenters. The number of hydrogen-bond acceptors (Lipinski definition) is 3. The maximum absolute atomic E-state index is 14.0. The fourth-order valence-corrected chi connectivity index (χ4v) is 4.47. The van der Waals surface area contributed by atoms with Crippen LogP contribution in [0.15, 0.2) is 41.3 Å². The van der Waals surface area contributed by atoms with Gasteiger partial charge in [0, 0.05) is 25.7 Å². The summed E-state index contributed by atoms with van der Waals surface area (Å²) in [6, 6.07) is 5.09. The zero-order valence-corrected chi connectivity index (χ0v) is 14.9. The molecule has 0 spiro atoms. The Bertz CT molecular complexity index is 911. The molecule has 2 aromatic rings. The number of hydrogen-bond donors (Lipinski definition) is 1. The van der Waals surface area contributed by atoms with Gasteiger partial charge in [0.05, 0.1) is 6.04 Å². The van der Waals surface area contributed by atoms with Crippen molar-refractivity contribution in [2.45, 2.75) is 10.9 Å². The molecule has 1 N–H and O–H groups in total. The molecular formula is C16H15ClF4N2O2S. The first-order valence-electron chi connectivity index (χ1n) is 7.43. The zero-order chi connectivity index (χ0) is 18.2. The second kappa shape index (κ2) is 7.91. The predicted molar refractivity (Wildman–Crippen MR) is 89.5 cm³/mol. The van der Waals surface area contributed by atoms with Crippen LogP contribution in [-0.2, 0) is 10.0 Å². The van der Waals surface area contributed by atoms with E-state index in [0.717, 1.165) is 4.31 Å². The maximum Gasteiger partial charge on any atom is 0.246 e. The van der Waals surface area contributed by atoms with Crippen molar-refractivity contribution in [3.63, 3.8) is 0 Å². The van der Waals surface area contributed by atoms with Crippen LogP contribution in [0.25, 0.3) is 0 Å². The van der Waals surface area contributed by atoms with Gasteiger partial charge in [-0.2, -0.15) is 4.31 Å². The van der Waals surface area contributed by atoms with E-state index in [1.807, 2.05) is 0 Å². The highest BCUT2D eigenvalue weighted by atomic mass is 35.5. The Morgan fingerprint density at radius 3 is 2.38 bits per heavy atom. The summed E-state index contributed by atoms with van der Waals surface area (Å²) in [7, 11) is -4.45. The molecule has 26 heavy (non-hydrogen) atoms. The largest absolute Gasteiger partial charge is 0.313 e. The Labute approximate surface area is 154 Å². The van der Waals surface area contributed by atoms with Crippen molar-refractivity contribution in [2.75, 3.05) is 19.6 Å². The van der Waals surface area contributed by atoms with Gasteiger partial charge in [-0.25, -0.2) is 26.0 Å². The average molecular weight is 411 g/mol. The van der Waals surface area contributed by atoms with Gasteiger partial charge < -0.3 is 5.32 Å². The van der Waals surface area contributed by atoms with Gasteiger partial charge in [0.15, 0.2) is 11.6 Å². The summed E-state index contributed by atoms with van der Waals surface area (Å²) in [5.74, 6) is -4.86. The summed E-state index contributed by atoms with van der Waals surface area (Å²) >= 11 is 0. The van der Waals surface area contributed by atoms with Gasteiger partial charge in [-0.3, -0.25) is 0 Å². The molecule has 1 aliphatic rings. The Hall–Kier alpha value is -1.68. The molecule has 1 heterocycles. The van der Waals surface area contributed by atoms with Crippen LogP contribution in [0.3, 0.4) is 0 Å².